The van der Waals surface area contributed by atoms with Gasteiger partial charge in [-0.1, -0.05) is 24.3 Å². The van der Waals surface area contributed by atoms with E-state index in [9.17, 15) is 14.9 Å². The lowest BCUT2D eigenvalue weighted by atomic mass is 10.1. The van der Waals surface area contributed by atoms with E-state index in [0.717, 1.165) is 17.7 Å². The van der Waals surface area contributed by atoms with Crippen molar-refractivity contribution in [3.05, 3.63) is 69.3 Å². The molecule has 26 heavy (non-hydrogen) atoms. The van der Waals surface area contributed by atoms with Crippen LogP contribution in [0.1, 0.15) is 29.5 Å². The average molecular weight is 355 g/mol. The molecule has 2 aromatic carbocycles. The van der Waals surface area contributed by atoms with E-state index in [0.29, 0.717) is 24.0 Å². The van der Waals surface area contributed by atoms with Crippen molar-refractivity contribution in [1.29, 1.82) is 0 Å². The fourth-order valence-electron chi connectivity index (χ4n) is 2.38. The maximum absolute atomic E-state index is 11.8. The van der Waals surface area contributed by atoms with Crippen LogP contribution in [0.5, 0.6) is 5.75 Å². The van der Waals surface area contributed by atoms with Gasteiger partial charge < -0.3 is 4.74 Å². The number of hydrogen-bond acceptors (Lipinski definition) is 5. The Kier molecular flexibility index (Phi) is 6.84. The second-order valence-corrected chi connectivity index (χ2v) is 5.80. The third-order valence-electron chi connectivity index (χ3n) is 3.86. The zero-order valence-corrected chi connectivity index (χ0v) is 14.8. The van der Waals surface area contributed by atoms with Gasteiger partial charge in [-0.15, -0.1) is 0 Å². The van der Waals surface area contributed by atoms with Crippen molar-refractivity contribution in [3.63, 3.8) is 0 Å². The summed E-state index contributed by atoms with van der Waals surface area (Å²) in [6, 6.07) is 12.5. The standard InChI is InChI=1S/C19H21N3O4/c1-14-6-7-16(12-18(14)22(24)25)13-20-21-19(23)5-3-4-15-8-10-17(26-2)11-9-15/h6-13H,3-5H2,1-2H3,(H,21,23)/b20-13-. The lowest BCUT2D eigenvalue weighted by Crippen LogP contribution is -2.17. The van der Waals surface area contributed by atoms with Crippen LogP contribution in [0.4, 0.5) is 5.69 Å². The van der Waals surface area contributed by atoms with E-state index < -0.39 is 4.92 Å². The molecule has 0 spiro atoms. The highest BCUT2D eigenvalue weighted by molar-refractivity contribution is 5.83. The number of carbonyl (C=O) groups excluding carboxylic acids is 1. The number of ether oxygens (including phenoxy) is 1. The molecule has 0 aromatic heterocycles. The predicted octanol–water partition coefficient (Wildman–Crippen LogP) is 3.38. The number of amides is 1. The first-order valence-corrected chi connectivity index (χ1v) is 8.19. The Morgan fingerprint density at radius 2 is 2.00 bits per heavy atom. The molecule has 0 heterocycles. The van der Waals surface area contributed by atoms with Crippen molar-refractivity contribution < 1.29 is 14.5 Å². The average Bonchev–Trinajstić information content (AvgIpc) is 2.63. The number of hydrazone groups is 1. The highest BCUT2D eigenvalue weighted by atomic mass is 16.6. The van der Waals surface area contributed by atoms with Crippen molar-refractivity contribution in [2.75, 3.05) is 7.11 Å². The summed E-state index contributed by atoms with van der Waals surface area (Å²) in [5.41, 5.74) is 4.74. The number of nitrogens with one attached hydrogen (secondary N) is 1. The van der Waals surface area contributed by atoms with Crippen LogP contribution in [-0.2, 0) is 11.2 Å². The Labute approximate surface area is 151 Å². The fourth-order valence-corrected chi connectivity index (χ4v) is 2.38. The van der Waals surface area contributed by atoms with Gasteiger partial charge in [0.05, 0.1) is 18.2 Å². The van der Waals surface area contributed by atoms with Gasteiger partial charge in [0.1, 0.15) is 5.75 Å². The monoisotopic (exact) mass is 355 g/mol. The highest BCUT2D eigenvalue weighted by Crippen LogP contribution is 2.18. The van der Waals surface area contributed by atoms with Crippen molar-refractivity contribution in [1.82, 2.24) is 5.43 Å². The summed E-state index contributed by atoms with van der Waals surface area (Å²) in [4.78, 5) is 22.3. The molecule has 7 nitrogen and oxygen atoms in total. The SMILES string of the molecule is COc1ccc(CCCC(=O)N/N=C\c2ccc(C)c([N+](=O)[O-])c2)cc1. The van der Waals surface area contributed by atoms with Gasteiger partial charge in [-0.25, -0.2) is 5.43 Å². The first-order valence-electron chi connectivity index (χ1n) is 8.19. The predicted molar refractivity (Wildman–Crippen MR) is 99.5 cm³/mol. The molecule has 0 fully saturated rings. The molecule has 0 atom stereocenters. The topological polar surface area (TPSA) is 93.8 Å². The van der Waals surface area contributed by atoms with Gasteiger partial charge in [-0.2, -0.15) is 5.10 Å². The quantitative estimate of drug-likeness (QED) is 0.446. The van der Waals surface area contributed by atoms with Crippen LogP contribution in [0.3, 0.4) is 0 Å². The number of rotatable bonds is 8. The molecule has 1 amide bonds. The lowest BCUT2D eigenvalue weighted by Gasteiger charge is -2.03. The molecule has 2 aromatic rings. The van der Waals surface area contributed by atoms with Crippen LogP contribution in [-0.4, -0.2) is 24.2 Å². The molecule has 0 saturated carbocycles. The second kappa shape index (κ2) is 9.31. The maximum Gasteiger partial charge on any atom is 0.272 e. The number of methoxy groups -OCH3 is 1. The Balaban J connectivity index is 1.78. The van der Waals surface area contributed by atoms with E-state index in [2.05, 4.69) is 10.5 Å². The minimum absolute atomic E-state index is 0.0276. The summed E-state index contributed by atoms with van der Waals surface area (Å²) in [6.45, 7) is 1.67. The number of hydrogen-bond donors (Lipinski definition) is 1. The Hall–Kier alpha value is -3.22. The zero-order valence-electron chi connectivity index (χ0n) is 14.8. The van der Waals surface area contributed by atoms with Crippen LogP contribution >= 0.6 is 0 Å². The Morgan fingerprint density at radius 1 is 1.27 bits per heavy atom. The molecule has 0 unspecified atom stereocenters. The van der Waals surface area contributed by atoms with E-state index in [-0.39, 0.29) is 11.6 Å². The summed E-state index contributed by atoms with van der Waals surface area (Å²) in [7, 11) is 1.62. The molecule has 0 aliphatic rings. The molecular formula is C19H21N3O4. The number of aryl methyl sites for hydroxylation is 2. The van der Waals surface area contributed by atoms with Gasteiger partial charge in [0.25, 0.3) is 5.69 Å². The molecule has 2 rings (SSSR count). The van der Waals surface area contributed by atoms with Crippen LogP contribution in [0, 0.1) is 17.0 Å². The van der Waals surface area contributed by atoms with Gasteiger partial charge >= 0.3 is 0 Å². The van der Waals surface area contributed by atoms with E-state index in [1.54, 1.807) is 26.2 Å². The van der Waals surface area contributed by atoms with Gasteiger partial charge in [-0.05, 0) is 37.5 Å². The normalized spacial score (nSPS) is 10.7. The molecule has 7 heteroatoms. The zero-order chi connectivity index (χ0) is 18.9. The van der Waals surface area contributed by atoms with E-state index in [1.807, 2.05) is 24.3 Å². The summed E-state index contributed by atoms with van der Waals surface area (Å²) < 4.78 is 5.10. The lowest BCUT2D eigenvalue weighted by molar-refractivity contribution is -0.385. The van der Waals surface area contributed by atoms with E-state index in [4.69, 9.17) is 4.74 Å². The van der Waals surface area contributed by atoms with Crippen molar-refractivity contribution in [2.24, 2.45) is 5.10 Å². The van der Waals surface area contributed by atoms with Crippen molar-refractivity contribution in [3.8, 4) is 5.75 Å². The second-order valence-electron chi connectivity index (χ2n) is 5.80. The number of nitro groups is 1. The first-order chi connectivity index (χ1) is 12.5. The van der Waals surface area contributed by atoms with E-state index >= 15 is 0 Å². The fraction of sp³-hybridized carbons (Fsp3) is 0.263. The first kappa shape index (κ1) is 19.1. The number of nitrogens with zero attached hydrogens (tertiary/aromatic N) is 2. The molecule has 0 saturated heterocycles. The largest absolute Gasteiger partial charge is 0.497 e. The van der Waals surface area contributed by atoms with Gasteiger partial charge in [0, 0.05) is 23.6 Å². The summed E-state index contributed by atoms with van der Waals surface area (Å²) >= 11 is 0. The van der Waals surface area contributed by atoms with E-state index in [1.165, 1.54) is 12.3 Å². The maximum atomic E-state index is 11.8. The van der Waals surface area contributed by atoms with Crippen molar-refractivity contribution in [2.45, 2.75) is 26.2 Å². The van der Waals surface area contributed by atoms with Crippen molar-refractivity contribution >= 4 is 17.8 Å². The minimum Gasteiger partial charge on any atom is -0.497 e. The number of nitro benzene ring substituents is 1. The van der Waals surface area contributed by atoms with Crippen LogP contribution < -0.4 is 10.2 Å². The van der Waals surface area contributed by atoms with Crippen LogP contribution in [0.2, 0.25) is 0 Å². The number of benzene rings is 2. The van der Waals surface area contributed by atoms with Crippen LogP contribution in [0.25, 0.3) is 0 Å². The van der Waals surface area contributed by atoms with Crippen LogP contribution in [0.15, 0.2) is 47.6 Å². The summed E-state index contributed by atoms with van der Waals surface area (Å²) in [5.74, 6) is 0.605. The molecule has 0 aliphatic heterocycles. The van der Waals surface area contributed by atoms with Gasteiger partial charge in [-0.3, -0.25) is 14.9 Å². The van der Waals surface area contributed by atoms with Gasteiger partial charge in [0.15, 0.2) is 0 Å². The van der Waals surface area contributed by atoms with Gasteiger partial charge in [0.2, 0.25) is 5.91 Å². The third kappa shape index (κ3) is 5.70. The Bertz CT molecular complexity index is 801. The highest BCUT2D eigenvalue weighted by Gasteiger charge is 2.10. The molecule has 1 N–H and O–H groups in total. The molecule has 0 radical (unpaired) electrons. The molecule has 0 bridgehead atoms. The third-order valence-corrected chi connectivity index (χ3v) is 3.86. The smallest absolute Gasteiger partial charge is 0.272 e. The number of carbonyl (C=O) groups is 1. The Morgan fingerprint density at radius 3 is 2.65 bits per heavy atom. The minimum atomic E-state index is -0.440. The molecule has 0 aliphatic carbocycles. The summed E-state index contributed by atoms with van der Waals surface area (Å²) in [6.07, 6.45) is 3.22. The molecular weight excluding hydrogens is 334 g/mol. The summed E-state index contributed by atoms with van der Waals surface area (Å²) in [5, 5.41) is 14.8. The molecule has 136 valence electrons.